The van der Waals surface area contributed by atoms with E-state index >= 15 is 0 Å². The van der Waals surface area contributed by atoms with Crippen molar-refractivity contribution in [1.29, 1.82) is 0 Å². The highest BCUT2D eigenvalue weighted by Crippen LogP contribution is 2.34. The highest BCUT2D eigenvalue weighted by Gasteiger charge is 2.28. The first-order valence-electron chi connectivity index (χ1n) is 9.43. The summed E-state index contributed by atoms with van der Waals surface area (Å²) in [7, 11) is 0. The van der Waals surface area contributed by atoms with Crippen LogP contribution in [0.1, 0.15) is 24.3 Å². The van der Waals surface area contributed by atoms with Crippen molar-refractivity contribution in [3.8, 4) is 28.7 Å². The van der Waals surface area contributed by atoms with Crippen molar-refractivity contribution >= 4 is 11.6 Å². The number of pyridine rings is 1. The zero-order chi connectivity index (χ0) is 20.5. The fraction of sp³-hybridized carbons (Fsp3) is 0.250. The lowest BCUT2D eigenvalue weighted by molar-refractivity contribution is -0.00119. The third kappa shape index (κ3) is 3.42. The number of fused-ring (bicyclic) bond motifs is 1. The first-order chi connectivity index (χ1) is 14.7. The lowest BCUT2D eigenvalue weighted by Gasteiger charge is -2.24. The molecule has 0 N–H and O–H groups in total. The van der Waals surface area contributed by atoms with Crippen LogP contribution in [0.5, 0.6) is 5.75 Å². The molecule has 0 saturated carbocycles. The average molecular weight is 425 g/mol. The zero-order valence-electron chi connectivity index (χ0n) is 16.0. The molecule has 0 amide bonds. The Morgan fingerprint density at radius 2 is 2.23 bits per heavy atom. The summed E-state index contributed by atoms with van der Waals surface area (Å²) in [5.41, 5.74) is 3.01. The molecule has 9 nitrogen and oxygen atoms in total. The molecular weight excluding hydrogens is 408 g/mol. The van der Waals surface area contributed by atoms with Gasteiger partial charge in [-0.3, -0.25) is 4.98 Å². The zero-order valence-corrected chi connectivity index (χ0v) is 16.8. The summed E-state index contributed by atoms with van der Waals surface area (Å²) in [5.74, 6) is 1.39. The first kappa shape index (κ1) is 18.7. The van der Waals surface area contributed by atoms with E-state index in [9.17, 15) is 0 Å². The minimum absolute atomic E-state index is 0.200. The van der Waals surface area contributed by atoms with Crippen molar-refractivity contribution in [3.63, 3.8) is 0 Å². The highest BCUT2D eigenvalue weighted by molar-refractivity contribution is 6.32. The van der Waals surface area contributed by atoms with Gasteiger partial charge in [-0.1, -0.05) is 28.0 Å². The standard InChI is InChI=1S/C20H17ClN6O3/c1-2-28-16-6-5-12(8-14(16)21)17-10-27-15(11-29-17)18(24-26-27)20-23-19(25-30-20)13-4-3-7-22-9-13/h3-9,17H,2,10-11H2,1H3/t17-/m1/s1. The van der Waals surface area contributed by atoms with Crippen LogP contribution in [0.2, 0.25) is 5.02 Å². The lowest BCUT2D eigenvalue weighted by atomic mass is 10.1. The number of halogens is 1. The Morgan fingerprint density at radius 1 is 1.30 bits per heavy atom. The number of benzene rings is 1. The molecule has 1 atom stereocenters. The van der Waals surface area contributed by atoms with Gasteiger partial charge in [0.2, 0.25) is 5.82 Å². The maximum absolute atomic E-state index is 6.32. The molecule has 0 aliphatic carbocycles. The maximum atomic E-state index is 6.32. The van der Waals surface area contributed by atoms with Crippen molar-refractivity contribution in [2.24, 2.45) is 0 Å². The van der Waals surface area contributed by atoms with Gasteiger partial charge in [-0.15, -0.1) is 5.10 Å². The Morgan fingerprint density at radius 3 is 3.03 bits per heavy atom. The summed E-state index contributed by atoms with van der Waals surface area (Å²) in [6.45, 7) is 3.28. The topological polar surface area (TPSA) is 101 Å². The van der Waals surface area contributed by atoms with Crippen LogP contribution in [0.4, 0.5) is 0 Å². The van der Waals surface area contributed by atoms with E-state index in [1.54, 1.807) is 17.1 Å². The molecule has 4 heterocycles. The van der Waals surface area contributed by atoms with Gasteiger partial charge in [0, 0.05) is 18.0 Å². The van der Waals surface area contributed by atoms with Gasteiger partial charge >= 0.3 is 0 Å². The van der Waals surface area contributed by atoms with Crippen molar-refractivity contribution in [2.75, 3.05) is 6.61 Å². The van der Waals surface area contributed by atoms with E-state index in [1.165, 1.54) is 0 Å². The molecule has 0 saturated heterocycles. The SMILES string of the molecule is CCOc1ccc([C@H]2Cn3nnc(-c4nc(-c5cccnc5)no4)c3CO2)cc1Cl. The summed E-state index contributed by atoms with van der Waals surface area (Å²) in [6, 6.07) is 9.33. The monoisotopic (exact) mass is 424 g/mol. The van der Waals surface area contributed by atoms with Gasteiger partial charge in [0.15, 0.2) is 5.69 Å². The second-order valence-electron chi connectivity index (χ2n) is 6.65. The Kier molecular flexibility index (Phi) is 4.89. The Bertz CT molecular complexity index is 1180. The molecule has 10 heteroatoms. The molecule has 1 aliphatic heterocycles. The summed E-state index contributed by atoms with van der Waals surface area (Å²) in [5, 5.41) is 13.1. The number of nitrogens with zero attached hydrogens (tertiary/aromatic N) is 6. The largest absolute Gasteiger partial charge is 0.492 e. The smallest absolute Gasteiger partial charge is 0.280 e. The summed E-state index contributed by atoms with van der Waals surface area (Å²) < 4.78 is 18.7. The second-order valence-corrected chi connectivity index (χ2v) is 7.06. The van der Waals surface area contributed by atoms with Crippen LogP contribution in [0.15, 0.2) is 47.2 Å². The van der Waals surface area contributed by atoms with Crippen LogP contribution in [0.3, 0.4) is 0 Å². The normalized spacial score (nSPS) is 15.7. The van der Waals surface area contributed by atoms with E-state index in [-0.39, 0.29) is 6.10 Å². The van der Waals surface area contributed by atoms with Crippen LogP contribution in [-0.2, 0) is 17.9 Å². The van der Waals surface area contributed by atoms with Gasteiger partial charge in [-0.2, -0.15) is 4.98 Å². The Hall–Kier alpha value is -3.30. The molecule has 5 rings (SSSR count). The maximum Gasteiger partial charge on any atom is 0.280 e. The van der Waals surface area contributed by atoms with Crippen molar-refractivity contribution in [3.05, 3.63) is 59.0 Å². The van der Waals surface area contributed by atoms with E-state index in [0.29, 0.717) is 47.9 Å². The van der Waals surface area contributed by atoms with Crippen molar-refractivity contribution in [2.45, 2.75) is 26.2 Å². The molecule has 152 valence electrons. The van der Waals surface area contributed by atoms with Crippen molar-refractivity contribution in [1.82, 2.24) is 30.1 Å². The van der Waals surface area contributed by atoms with Gasteiger partial charge in [0.25, 0.3) is 5.89 Å². The van der Waals surface area contributed by atoms with E-state index in [2.05, 4.69) is 25.4 Å². The molecule has 1 aliphatic rings. The molecular formula is C20H17ClN6O3. The molecule has 0 bridgehead atoms. The summed E-state index contributed by atoms with van der Waals surface area (Å²) in [4.78, 5) is 8.50. The van der Waals surface area contributed by atoms with Crippen LogP contribution < -0.4 is 4.74 Å². The minimum atomic E-state index is -0.200. The Balaban J connectivity index is 1.38. The molecule has 3 aromatic heterocycles. The summed E-state index contributed by atoms with van der Waals surface area (Å²) >= 11 is 6.32. The molecule has 0 spiro atoms. The third-order valence-corrected chi connectivity index (χ3v) is 5.07. The highest BCUT2D eigenvalue weighted by atomic mass is 35.5. The van der Waals surface area contributed by atoms with E-state index in [0.717, 1.165) is 16.8 Å². The van der Waals surface area contributed by atoms with Gasteiger partial charge in [-0.05, 0) is 36.8 Å². The second kappa shape index (κ2) is 7.85. The predicted molar refractivity (Wildman–Crippen MR) is 107 cm³/mol. The number of rotatable bonds is 5. The quantitative estimate of drug-likeness (QED) is 0.477. The van der Waals surface area contributed by atoms with E-state index in [1.807, 2.05) is 37.3 Å². The van der Waals surface area contributed by atoms with Crippen LogP contribution in [0.25, 0.3) is 23.0 Å². The van der Waals surface area contributed by atoms with Gasteiger partial charge in [0.1, 0.15) is 11.9 Å². The number of ether oxygens (including phenoxy) is 2. The molecule has 30 heavy (non-hydrogen) atoms. The van der Waals surface area contributed by atoms with E-state index < -0.39 is 0 Å². The molecule has 0 fully saturated rings. The van der Waals surface area contributed by atoms with Crippen LogP contribution in [-0.4, -0.2) is 36.7 Å². The van der Waals surface area contributed by atoms with Gasteiger partial charge in [0.05, 0.1) is 30.5 Å². The van der Waals surface area contributed by atoms with Gasteiger partial charge < -0.3 is 14.0 Å². The first-order valence-corrected chi connectivity index (χ1v) is 9.81. The van der Waals surface area contributed by atoms with Gasteiger partial charge in [-0.25, -0.2) is 4.68 Å². The molecule has 4 aromatic rings. The average Bonchev–Trinajstić information content (AvgIpc) is 3.42. The minimum Gasteiger partial charge on any atom is -0.492 e. The lowest BCUT2D eigenvalue weighted by Crippen LogP contribution is -2.22. The molecule has 1 aromatic carbocycles. The van der Waals surface area contributed by atoms with Crippen LogP contribution in [0, 0.1) is 0 Å². The van der Waals surface area contributed by atoms with Crippen molar-refractivity contribution < 1.29 is 14.0 Å². The number of aromatic nitrogens is 6. The van der Waals surface area contributed by atoms with Crippen LogP contribution >= 0.6 is 11.6 Å². The molecule has 0 unspecified atom stereocenters. The van der Waals surface area contributed by atoms with E-state index in [4.69, 9.17) is 25.6 Å². The molecule has 0 radical (unpaired) electrons. The third-order valence-electron chi connectivity index (χ3n) is 4.77. The number of hydrogen-bond acceptors (Lipinski definition) is 8. The fourth-order valence-electron chi connectivity index (χ4n) is 3.30. The number of hydrogen-bond donors (Lipinski definition) is 0. The fourth-order valence-corrected chi connectivity index (χ4v) is 3.54. The Labute approximate surface area is 176 Å². The summed E-state index contributed by atoms with van der Waals surface area (Å²) in [6.07, 6.45) is 3.16. The predicted octanol–water partition coefficient (Wildman–Crippen LogP) is 3.71.